The lowest BCUT2D eigenvalue weighted by Crippen LogP contribution is -2.22. The lowest BCUT2D eigenvalue weighted by atomic mass is 9.97. The van der Waals surface area contributed by atoms with Crippen molar-refractivity contribution < 1.29 is 9.47 Å². The molecule has 1 heterocycles. The van der Waals surface area contributed by atoms with E-state index >= 15 is 0 Å². The van der Waals surface area contributed by atoms with Crippen LogP contribution in [-0.4, -0.2) is 20.3 Å². The van der Waals surface area contributed by atoms with Gasteiger partial charge in [0.2, 0.25) is 0 Å². The molecule has 2 aromatic carbocycles. The SMILES string of the molecule is CNC(c1cccc(Cl)c1Cl)c1cccc2c1OCCO2. The maximum Gasteiger partial charge on any atom is 0.166 e. The van der Waals surface area contributed by atoms with Crippen molar-refractivity contribution in [3.8, 4) is 11.5 Å². The monoisotopic (exact) mass is 323 g/mol. The molecule has 1 atom stereocenters. The maximum atomic E-state index is 6.36. The number of nitrogens with one attached hydrogen (secondary N) is 1. The summed E-state index contributed by atoms with van der Waals surface area (Å²) >= 11 is 12.5. The Morgan fingerprint density at radius 1 is 1.00 bits per heavy atom. The number of hydrogen-bond acceptors (Lipinski definition) is 3. The number of hydrogen-bond donors (Lipinski definition) is 1. The first kappa shape index (κ1) is 14.5. The van der Waals surface area contributed by atoms with Gasteiger partial charge >= 0.3 is 0 Å². The van der Waals surface area contributed by atoms with Gasteiger partial charge in [-0.2, -0.15) is 0 Å². The fourth-order valence-corrected chi connectivity index (χ4v) is 2.96. The van der Waals surface area contributed by atoms with Gasteiger partial charge in [0, 0.05) is 5.56 Å². The van der Waals surface area contributed by atoms with E-state index in [0.717, 1.165) is 22.6 Å². The van der Waals surface area contributed by atoms with Gasteiger partial charge in [0.1, 0.15) is 13.2 Å². The number of halogens is 2. The van der Waals surface area contributed by atoms with Crippen molar-refractivity contribution in [1.29, 1.82) is 0 Å². The second kappa shape index (κ2) is 6.14. The molecule has 0 aromatic heterocycles. The summed E-state index contributed by atoms with van der Waals surface area (Å²) in [4.78, 5) is 0. The van der Waals surface area contributed by atoms with E-state index in [9.17, 15) is 0 Å². The van der Waals surface area contributed by atoms with Crippen molar-refractivity contribution in [2.24, 2.45) is 0 Å². The Hall–Kier alpha value is -1.42. The predicted octanol–water partition coefficient (Wildman–Crippen LogP) is 4.07. The highest BCUT2D eigenvalue weighted by atomic mass is 35.5. The number of ether oxygens (including phenoxy) is 2. The van der Waals surface area contributed by atoms with E-state index < -0.39 is 0 Å². The van der Waals surface area contributed by atoms with E-state index in [2.05, 4.69) is 5.32 Å². The van der Waals surface area contributed by atoms with Crippen LogP contribution >= 0.6 is 23.2 Å². The summed E-state index contributed by atoms with van der Waals surface area (Å²) in [7, 11) is 1.88. The number of benzene rings is 2. The summed E-state index contributed by atoms with van der Waals surface area (Å²) in [5.74, 6) is 1.52. The molecule has 21 heavy (non-hydrogen) atoms. The summed E-state index contributed by atoms with van der Waals surface area (Å²) in [6.45, 7) is 1.11. The van der Waals surface area contributed by atoms with Crippen LogP contribution in [0.4, 0.5) is 0 Å². The molecule has 1 aliphatic rings. The summed E-state index contributed by atoms with van der Waals surface area (Å²) in [5.41, 5.74) is 1.90. The molecule has 5 heteroatoms. The van der Waals surface area contributed by atoms with Gasteiger partial charge in [0.05, 0.1) is 16.1 Å². The summed E-state index contributed by atoms with van der Waals surface area (Å²) in [6, 6.07) is 11.4. The summed E-state index contributed by atoms with van der Waals surface area (Å²) < 4.78 is 11.4. The Morgan fingerprint density at radius 3 is 2.52 bits per heavy atom. The third kappa shape index (κ3) is 2.69. The van der Waals surface area contributed by atoms with Crippen LogP contribution in [0, 0.1) is 0 Å². The Morgan fingerprint density at radius 2 is 1.71 bits per heavy atom. The standard InChI is InChI=1S/C16H15Cl2NO2/c1-19-15(10-4-2-6-12(17)14(10)18)11-5-3-7-13-16(11)21-9-8-20-13/h2-7,15,19H,8-9H2,1H3. The van der Waals surface area contributed by atoms with E-state index in [1.165, 1.54) is 0 Å². The zero-order chi connectivity index (χ0) is 14.8. The van der Waals surface area contributed by atoms with E-state index in [4.69, 9.17) is 32.7 Å². The highest BCUT2D eigenvalue weighted by Crippen LogP contribution is 2.41. The third-order valence-electron chi connectivity index (χ3n) is 3.49. The van der Waals surface area contributed by atoms with Crippen LogP contribution in [0.2, 0.25) is 10.0 Å². The van der Waals surface area contributed by atoms with Crippen LogP contribution in [0.5, 0.6) is 11.5 Å². The Labute approximate surface area is 133 Å². The van der Waals surface area contributed by atoms with Crippen LogP contribution in [0.25, 0.3) is 0 Å². The van der Waals surface area contributed by atoms with Gasteiger partial charge in [-0.25, -0.2) is 0 Å². The van der Waals surface area contributed by atoms with Crippen LogP contribution in [-0.2, 0) is 0 Å². The minimum absolute atomic E-state index is 0.118. The van der Waals surface area contributed by atoms with Gasteiger partial charge in [0.25, 0.3) is 0 Å². The van der Waals surface area contributed by atoms with E-state index in [1.807, 2.05) is 37.4 Å². The second-order valence-corrected chi connectivity index (χ2v) is 5.52. The minimum Gasteiger partial charge on any atom is -0.486 e. The van der Waals surface area contributed by atoms with Gasteiger partial charge in [-0.3, -0.25) is 0 Å². The zero-order valence-electron chi connectivity index (χ0n) is 11.5. The first-order valence-corrected chi connectivity index (χ1v) is 7.47. The van der Waals surface area contributed by atoms with Gasteiger partial charge < -0.3 is 14.8 Å². The van der Waals surface area contributed by atoms with Crippen molar-refractivity contribution in [3.63, 3.8) is 0 Å². The van der Waals surface area contributed by atoms with Crippen LogP contribution < -0.4 is 14.8 Å². The molecule has 3 nitrogen and oxygen atoms in total. The lowest BCUT2D eigenvalue weighted by molar-refractivity contribution is 0.169. The van der Waals surface area contributed by atoms with E-state index in [0.29, 0.717) is 23.3 Å². The molecule has 1 N–H and O–H groups in total. The highest BCUT2D eigenvalue weighted by molar-refractivity contribution is 6.42. The minimum atomic E-state index is -0.118. The van der Waals surface area contributed by atoms with Crippen molar-refractivity contribution >= 4 is 23.2 Å². The smallest absolute Gasteiger partial charge is 0.166 e. The van der Waals surface area contributed by atoms with Gasteiger partial charge in [-0.05, 0) is 24.7 Å². The fourth-order valence-electron chi connectivity index (χ4n) is 2.55. The molecule has 0 radical (unpaired) electrons. The molecule has 0 saturated heterocycles. The molecule has 0 aliphatic carbocycles. The van der Waals surface area contributed by atoms with Crippen molar-refractivity contribution in [1.82, 2.24) is 5.32 Å². The maximum absolute atomic E-state index is 6.36. The number of para-hydroxylation sites is 1. The van der Waals surface area contributed by atoms with Gasteiger partial charge in [0.15, 0.2) is 11.5 Å². The van der Waals surface area contributed by atoms with Crippen LogP contribution in [0.1, 0.15) is 17.2 Å². The molecular formula is C16H15Cl2NO2. The van der Waals surface area contributed by atoms with Gasteiger partial charge in [-0.15, -0.1) is 0 Å². The zero-order valence-corrected chi connectivity index (χ0v) is 13.0. The largest absolute Gasteiger partial charge is 0.486 e. The molecule has 0 spiro atoms. The molecule has 110 valence electrons. The number of fused-ring (bicyclic) bond motifs is 1. The van der Waals surface area contributed by atoms with Crippen LogP contribution in [0.15, 0.2) is 36.4 Å². The topological polar surface area (TPSA) is 30.5 Å². The average molecular weight is 324 g/mol. The molecule has 0 amide bonds. The van der Waals surface area contributed by atoms with Crippen molar-refractivity contribution in [2.75, 3.05) is 20.3 Å². The average Bonchev–Trinajstić information content (AvgIpc) is 2.52. The predicted molar refractivity (Wildman–Crippen MR) is 84.8 cm³/mol. The summed E-state index contributed by atoms with van der Waals surface area (Å²) in [5, 5.41) is 4.36. The Balaban J connectivity index is 2.11. The summed E-state index contributed by atoms with van der Waals surface area (Å²) in [6.07, 6.45) is 0. The molecule has 0 bridgehead atoms. The normalized spacial score (nSPS) is 14.8. The van der Waals surface area contributed by atoms with Crippen molar-refractivity contribution in [2.45, 2.75) is 6.04 Å². The quantitative estimate of drug-likeness (QED) is 0.923. The van der Waals surface area contributed by atoms with Crippen LogP contribution in [0.3, 0.4) is 0 Å². The molecular weight excluding hydrogens is 309 g/mol. The van der Waals surface area contributed by atoms with E-state index in [-0.39, 0.29) is 6.04 Å². The lowest BCUT2D eigenvalue weighted by Gasteiger charge is -2.26. The highest BCUT2D eigenvalue weighted by Gasteiger charge is 2.24. The molecule has 1 aliphatic heterocycles. The molecule has 1 unspecified atom stereocenters. The van der Waals surface area contributed by atoms with Crippen molar-refractivity contribution in [3.05, 3.63) is 57.6 Å². The molecule has 2 aromatic rings. The Kier molecular flexibility index (Phi) is 4.24. The molecule has 0 saturated carbocycles. The number of rotatable bonds is 3. The van der Waals surface area contributed by atoms with Gasteiger partial charge in [-0.1, -0.05) is 47.5 Å². The first-order chi connectivity index (χ1) is 10.2. The molecule has 0 fully saturated rings. The Bertz CT molecular complexity index is 661. The fraction of sp³-hybridized carbons (Fsp3) is 0.250. The second-order valence-electron chi connectivity index (χ2n) is 4.74. The van der Waals surface area contributed by atoms with E-state index in [1.54, 1.807) is 6.07 Å². The first-order valence-electron chi connectivity index (χ1n) is 6.72. The molecule has 3 rings (SSSR count). The third-order valence-corrected chi connectivity index (χ3v) is 4.32.